The molecular formula is C10H16ClN5S. The number of anilines is 2. The molecule has 1 aliphatic carbocycles. The highest BCUT2D eigenvalue weighted by atomic mass is 35.5. The Bertz CT molecular complexity index is 389. The van der Waals surface area contributed by atoms with Gasteiger partial charge >= 0.3 is 0 Å². The predicted molar refractivity (Wildman–Crippen MR) is 73.4 cm³/mol. The summed E-state index contributed by atoms with van der Waals surface area (Å²) in [6.07, 6.45) is 7.24. The van der Waals surface area contributed by atoms with Crippen molar-refractivity contribution < 1.29 is 0 Å². The van der Waals surface area contributed by atoms with Crippen molar-refractivity contribution in [1.29, 1.82) is 0 Å². The Labute approximate surface area is 110 Å². The molecule has 0 amide bonds. The Balaban J connectivity index is 2.03. The maximum Gasteiger partial charge on any atom is 0.239 e. The average Bonchev–Trinajstić information content (AvgIpc) is 2.80. The molecule has 0 aromatic carbocycles. The fourth-order valence-electron chi connectivity index (χ4n) is 2.02. The molecule has 17 heavy (non-hydrogen) atoms. The summed E-state index contributed by atoms with van der Waals surface area (Å²) in [5.74, 6) is 6.30. The van der Waals surface area contributed by atoms with Crippen molar-refractivity contribution in [2.24, 2.45) is 5.84 Å². The van der Waals surface area contributed by atoms with E-state index >= 15 is 0 Å². The standard InChI is InChI=1S/C10H16ClN5S/c1-17-7-3-2-6(4-7)14-9-8(11)5-13-10(15-9)16-12/h5-7H,2-4,12H2,1H3,(H2,13,14,15,16). The number of aromatic nitrogens is 2. The molecule has 1 saturated carbocycles. The molecule has 2 rings (SSSR count). The van der Waals surface area contributed by atoms with Crippen molar-refractivity contribution in [3.63, 3.8) is 0 Å². The van der Waals surface area contributed by atoms with E-state index in [0.29, 0.717) is 22.8 Å². The third-order valence-electron chi connectivity index (χ3n) is 2.93. The Morgan fingerprint density at radius 1 is 1.53 bits per heavy atom. The Morgan fingerprint density at radius 3 is 3.00 bits per heavy atom. The topological polar surface area (TPSA) is 75.9 Å². The molecule has 1 fully saturated rings. The second-order valence-electron chi connectivity index (χ2n) is 4.05. The normalized spacial score (nSPS) is 23.7. The molecule has 0 saturated heterocycles. The lowest BCUT2D eigenvalue weighted by Crippen LogP contribution is -2.18. The van der Waals surface area contributed by atoms with Gasteiger partial charge in [-0.15, -0.1) is 0 Å². The van der Waals surface area contributed by atoms with Gasteiger partial charge in [-0.3, -0.25) is 5.43 Å². The van der Waals surface area contributed by atoms with Crippen LogP contribution in [0.3, 0.4) is 0 Å². The fraction of sp³-hybridized carbons (Fsp3) is 0.600. The van der Waals surface area contributed by atoms with E-state index in [1.807, 2.05) is 11.8 Å². The molecule has 4 N–H and O–H groups in total. The summed E-state index contributed by atoms with van der Waals surface area (Å²) in [6, 6.07) is 0.436. The first kappa shape index (κ1) is 12.7. The first-order chi connectivity index (χ1) is 8.22. The molecule has 0 spiro atoms. The summed E-state index contributed by atoms with van der Waals surface area (Å²) in [7, 11) is 0. The minimum absolute atomic E-state index is 0.372. The van der Waals surface area contributed by atoms with Crippen molar-refractivity contribution in [3.05, 3.63) is 11.2 Å². The second kappa shape index (κ2) is 5.75. The number of nitrogens with zero attached hydrogens (tertiary/aromatic N) is 2. The zero-order valence-corrected chi connectivity index (χ0v) is 11.2. The van der Waals surface area contributed by atoms with Crippen molar-refractivity contribution in [2.45, 2.75) is 30.6 Å². The number of thioether (sulfide) groups is 1. The van der Waals surface area contributed by atoms with Crippen LogP contribution in [0.15, 0.2) is 6.20 Å². The Morgan fingerprint density at radius 2 is 2.35 bits per heavy atom. The number of hydrogen-bond acceptors (Lipinski definition) is 6. The van der Waals surface area contributed by atoms with Crippen LogP contribution in [0.2, 0.25) is 5.02 Å². The molecule has 0 radical (unpaired) electrons. The quantitative estimate of drug-likeness (QED) is 0.576. The van der Waals surface area contributed by atoms with Gasteiger partial charge in [0.25, 0.3) is 0 Å². The number of rotatable bonds is 4. The number of nitrogens with one attached hydrogen (secondary N) is 2. The molecule has 0 aliphatic heterocycles. The third-order valence-corrected chi connectivity index (χ3v) is 4.30. The maximum atomic E-state index is 6.04. The highest BCUT2D eigenvalue weighted by Gasteiger charge is 2.24. The lowest BCUT2D eigenvalue weighted by atomic mass is 10.2. The largest absolute Gasteiger partial charge is 0.366 e. The van der Waals surface area contributed by atoms with Crippen LogP contribution in [0, 0.1) is 0 Å². The second-order valence-corrected chi connectivity index (χ2v) is 5.59. The third kappa shape index (κ3) is 3.14. The highest BCUT2D eigenvalue weighted by Crippen LogP contribution is 2.31. The van der Waals surface area contributed by atoms with E-state index in [1.165, 1.54) is 6.42 Å². The lowest BCUT2D eigenvalue weighted by Gasteiger charge is -2.14. The Kier molecular flexibility index (Phi) is 4.31. The van der Waals surface area contributed by atoms with Gasteiger partial charge in [0.1, 0.15) is 5.02 Å². The van der Waals surface area contributed by atoms with Crippen LogP contribution >= 0.6 is 23.4 Å². The molecule has 7 heteroatoms. The van der Waals surface area contributed by atoms with Gasteiger partial charge in [0.2, 0.25) is 5.95 Å². The zero-order chi connectivity index (χ0) is 12.3. The lowest BCUT2D eigenvalue weighted by molar-refractivity contribution is 0.751. The van der Waals surface area contributed by atoms with Gasteiger partial charge in [-0.05, 0) is 25.5 Å². The average molecular weight is 274 g/mol. The molecular weight excluding hydrogens is 258 g/mol. The van der Waals surface area contributed by atoms with Crippen molar-refractivity contribution >= 4 is 35.1 Å². The molecule has 94 valence electrons. The summed E-state index contributed by atoms with van der Waals surface area (Å²) in [5.41, 5.74) is 2.41. The van der Waals surface area contributed by atoms with E-state index in [1.54, 1.807) is 6.20 Å². The van der Waals surface area contributed by atoms with Crippen molar-refractivity contribution in [2.75, 3.05) is 17.0 Å². The minimum atomic E-state index is 0.372. The van der Waals surface area contributed by atoms with Crippen LogP contribution in [0.4, 0.5) is 11.8 Å². The highest BCUT2D eigenvalue weighted by molar-refractivity contribution is 7.99. The van der Waals surface area contributed by atoms with Crippen LogP contribution in [0.1, 0.15) is 19.3 Å². The van der Waals surface area contributed by atoms with Crippen LogP contribution in [0.5, 0.6) is 0 Å². The van der Waals surface area contributed by atoms with Gasteiger partial charge < -0.3 is 5.32 Å². The smallest absolute Gasteiger partial charge is 0.239 e. The fourth-order valence-corrected chi connectivity index (χ4v) is 2.96. The first-order valence-corrected chi connectivity index (χ1v) is 7.18. The first-order valence-electron chi connectivity index (χ1n) is 5.51. The van der Waals surface area contributed by atoms with E-state index in [4.69, 9.17) is 17.4 Å². The molecule has 1 aliphatic rings. The SMILES string of the molecule is CSC1CCC(Nc2nc(NN)ncc2Cl)C1. The van der Waals surface area contributed by atoms with Gasteiger partial charge in [0.15, 0.2) is 5.82 Å². The molecule has 1 aromatic heterocycles. The zero-order valence-electron chi connectivity index (χ0n) is 9.61. The summed E-state index contributed by atoms with van der Waals surface area (Å²) in [4.78, 5) is 8.15. The van der Waals surface area contributed by atoms with Gasteiger partial charge in [0.05, 0.1) is 6.20 Å². The number of halogens is 1. The van der Waals surface area contributed by atoms with Gasteiger partial charge in [-0.25, -0.2) is 10.8 Å². The van der Waals surface area contributed by atoms with E-state index in [2.05, 4.69) is 27.0 Å². The summed E-state index contributed by atoms with van der Waals surface area (Å²) in [5, 5.41) is 4.62. The molecule has 2 unspecified atom stereocenters. The van der Waals surface area contributed by atoms with Gasteiger partial charge in [-0.1, -0.05) is 11.6 Å². The Hall–Kier alpha value is -0.720. The van der Waals surface area contributed by atoms with E-state index < -0.39 is 0 Å². The number of nitrogen functional groups attached to an aromatic ring is 1. The van der Waals surface area contributed by atoms with Gasteiger partial charge in [-0.2, -0.15) is 16.7 Å². The van der Waals surface area contributed by atoms with E-state index in [0.717, 1.165) is 18.1 Å². The van der Waals surface area contributed by atoms with Crippen LogP contribution in [0.25, 0.3) is 0 Å². The van der Waals surface area contributed by atoms with Crippen molar-refractivity contribution in [3.8, 4) is 0 Å². The summed E-state index contributed by atoms with van der Waals surface area (Å²) < 4.78 is 0. The van der Waals surface area contributed by atoms with Gasteiger partial charge in [0, 0.05) is 11.3 Å². The molecule has 2 atom stereocenters. The summed E-state index contributed by atoms with van der Waals surface area (Å²) >= 11 is 7.96. The molecule has 5 nitrogen and oxygen atoms in total. The minimum Gasteiger partial charge on any atom is -0.366 e. The number of hydrogen-bond donors (Lipinski definition) is 3. The predicted octanol–water partition coefficient (Wildman–Crippen LogP) is 2.11. The maximum absolute atomic E-state index is 6.04. The van der Waals surface area contributed by atoms with E-state index in [9.17, 15) is 0 Å². The molecule has 0 bridgehead atoms. The summed E-state index contributed by atoms with van der Waals surface area (Å²) in [6.45, 7) is 0. The monoisotopic (exact) mass is 273 g/mol. The van der Waals surface area contributed by atoms with Crippen LogP contribution < -0.4 is 16.6 Å². The van der Waals surface area contributed by atoms with Crippen LogP contribution in [-0.2, 0) is 0 Å². The van der Waals surface area contributed by atoms with E-state index in [-0.39, 0.29) is 0 Å². The molecule has 1 aromatic rings. The van der Waals surface area contributed by atoms with Crippen molar-refractivity contribution in [1.82, 2.24) is 9.97 Å². The molecule has 1 heterocycles. The number of nitrogens with two attached hydrogens (primary N) is 1. The number of hydrazine groups is 1. The van der Waals surface area contributed by atoms with Crippen LogP contribution in [-0.4, -0.2) is 27.5 Å².